The van der Waals surface area contributed by atoms with Crippen molar-refractivity contribution in [1.82, 2.24) is 14.9 Å². The lowest BCUT2D eigenvalue weighted by Crippen LogP contribution is -2.45. The molecule has 0 bridgehead atoms. The number of amides is 1. The largest absolute Gasteiger partial charge is 0.338 e. The Bertz CT molecular complexity index is 923. The molecule has 29 heavy (non-hydrogen) atoms. The number of hydrogen-bond donors (Lipinski definition) is 0. The van der Waals surface area contributed by atoms with Gasteiger partial charge in [0.2, 0.25) is 5.95 Å². The van der Waals surface area contributed by atoms with Crippen LogP contribution in [-0.4, -0.2) is 54.0 Å². The Morgan fingerprint density at radius 1 is 0.897 bits per heavy atom. The third-order valence-corrected chi connectivity index (χ3v) is 5.17. The average molecular weight is 387 g/mol. The van der Waals surface area contributed by atoms with Crippen LogP contribution in [0.25, 0.3) is 0 Å². The minimum Gasteiger partial charge on any atom is -0.338 e. The molecule has 1 saturated heterocycles. The number of rotatable bonds is 5. The van der Waals surface area contributed by atoms with Crippen molar-refractivity contribution in [1.29, 1.82) is 0 Å². The molecule has 1 aliphatic rings. The molecule has 3 aromatic rings. The van der Waals surface area contributed by atoms with Crippen molar-refractivity contribution in [3.8, 4) is 0 Å². The summed E-state index contributed by atoms with van der Waals surface area (Å²) in [6, 6.07) is 19.7. The molecule has 148 valence electrons. The second-order valence-electron chi connectivity index (χ2n) is 7.27. The molecule has 1 fully saturated rings. The Balaban J connectivity index is 1.55. The van der Waals surface area contributed by atoms with Crippen molar-refractivity contribution >= 4 is 17.5 Å². The van der Waals surface area contributed by atoms with E-state index in [4.69, 9.17) is 0 Å². The van der Waals surface area contributed by atoms with Gasteiger partial charge in [-0.2, -0.15) is 0 Å². The minimum absolute atomic E-state index is 0.106. The monoisotopic (exact) mass is 387 g/mol. The zero-order chi connectivity index (χ0) is 20.1. The van der Waals surface area contributed by atoms with Gasteiger partial charge in [-0.3, -0.25) is 4.79 Å². The summed E-state index contributed by atoms with van der Waals surface area (Å²) in [5.41, 5.74) is 2.41. The highest BCUT2D eigenvalue weighted by molar-refractivity contribution is 6.05. The molecule has 1 amide bonds. The Morgan fingerprint density at radius 2 is 1.48 bits per heavy atom. The van der Waals surface area contributed by atoms with E-state index in [2.05, 4.69) is 26.8 Å². The number of carbonyl (C=O) groups excluding carboxylic acids is 1. The van der Waals surface area contributed by atoms with E-state index >= 15 is 0 Å². The minimum atomic E-state index is -0.106. The van der Waals surface area contributed by atoms with E-state index in [1.165, 1.54) is 0 Å². The number of piperazine rings is 1. The fraction of sp³-hybridized carbons (Fsp3) is 0.261. The maximum atomic E-state index is 13.3. The van der Waals surface area contributed by atoms with Crippen molar-refractivity contribution in [2.24, 2.45) is 0 Å². The summed E-state index contributed by atoms with van der Waals surface area (Å²) in [6.45, 7) is 4.26. The lowest BCUT2D eigenvalue weighted by atomic mass is 10.1. The van der Waals surface area contributed by atoms with Gasteiger partial charge in [0.15, 0.2) is 0 Å². The van der Waals surface area contributed by atoms with Crippen molar-refractivity contribution in [3.63, 3.8) is 0 Å². The number of benzene rings is 2. The lowest BCUT2D eigenvalue weighted by Gasteiger charge is -2.32. The molecular formula is C23H25N5O. The first kappa shape index (κ1) is 19.1. The Morgan fingerprint density at radius 3 is 2.10 bits per heavy atom. The van der Waals surface area contributed by atoms with Gasteiger partial charge < -0.3 is 14.7 Å². The van der Waals surface area contributed by atoms with E-state index in [1.54, 1.807) is 17.3 Å². The molecule has 1 aromatic heterocycles. The fourth-order valence-electron chi connectivity index (χ4n) is 3.41. The van der Waals surface area contributed by atoms with Gasteiger partial charge >= 0.3 is 0 Å². The van der Waals surface area contributed by atoms with E-state index in [9.17, 15) is 4.79 Å². The molecule has 6 nitrogen and oxygen atoms in total. The smallest absolute Gasteiger partial charge is 0.261 e. The van der Waals surface area contributed by atoms with Crippen LogP contribution in [0.5, 0.6) is 0 Å². The van der Waals surface area contributed by atoms with Gasteiger partial charge in [-0.25, -0.2) is 9.97 Å². The van der Waals surface area contributed by atoms with Crippen molar-refractivity contribution < 1.29 is 4.79 Å². The Labute approximate surface area is 171 Å². The van der Waals surface area contributed by atoms with Crippen molar-refractivity contribution in [3.05, 3.63) is 84.2 Å². The van der Waals surface area contributed by atoms with Gasteiger partial charge in [0, 0.05) is 44.3 Å². The Kier molecular flexibility index (Phi) is 5.81. The summed E-state index contributed by atoms with van der Waals surface area (Å²) in [5, 5.41) is 0. The zero-order valence-electron chi connectivity index (χ0n) is 16.6. The standard InChI is InChI=1S/C23H25N5O/c1-26-12-14-27(15-13-26)23-24-16-20(17-25-23)22(29)28(21-10-6-3-7-11-21)18-19-8-4-2-5-9-19/h2-11,16-17H,12-15,18H2,1H3. The second-order valence-corrected chi connectivity index (χ2v) is 7.27. The third-order valence-electron chi connectivity index (χ3n) is 5.17. The van der Waals surface area contributed by atoms with Gasteiger partial charge in [-0.05, 0) is 24.7 Å². The van der Waals surface area contributed by atoms with Crippen LogP contribution in [0.1, 0.15) is 15.9 Å². The van der Waals surface area contributed by atoms with Gasteiger partial charge in [-0.1, -0.05) is 48.5 Å². The number of likely N-dealkylation sites (N-methyl/N-ethyl adjacent to an activating group) is 1. The number of anilines is 2. The van der Waals surface area contributed by atoms with Gasteiger partial charge in [0.1, 0.15) is 0 Å². The van der Waals surface area contributed by atoms with Gasteiger partial charge in [0.25, 0.3) is 5.91 Å². The SMILES string of the molecule is CN1CCN(c2ncc(C(=O)N(Cc3ccccc3)c3ccccc3)cn2)CC1. The highest BCUT2D eigenvalue weighted by Gasteiger charge is 2.21. The Hall–Kier alpha value is -3.25. The van der Waals surface area contributed by atoms with Crippen LogP contribution >= 0.6 is 0 Å². The molecule has 0 N–H and O–H groups in total. The molecule has 6 heteroatoms. The zero-order valence-corrected chi connectivity index (χ0v) is 16.6. The molecule has 0 saturated carbocycles. The summed E-state index contributed by atoms with van der Waals surface area (Å²) in [4.78, 5) is 28.5. The maximum Gasteiger partial charge on any atom is 0.261 e. The molecule has 4 rings (SSSR count). The molecule has 0 unspecified atom stereocenters. The van der Waals surface area contributed by atoms with Crippen molar-refractivity contribution in [2.45, 2.75) is 6.54 Å². The first-order chi connectivity index (χ1) is 14.2. The quantitative estimate of drug-likeness (QED) is 0.673. The normalized spacial score (nSPS) is 14.6. The summed E-state index contributed by atoms with van der Waals surface area (Å²) >= 11 is 0. The molecule has 1 aliphatic heterocycles. The van der Waals surface area contributed by atoms with Crippen LogP contribution in [0.3, 0.4) is 0 Å². The first-order valence-electron chi connectivity index (χ1n) is 9.87. The summed E-state index contributed by atoms with van der Waals surface area (Å²) < 4.78 is 0. The second kappa shape index (κ2) is 8.84. The lowest BCUT2D eigenvalue weighted by molar-refractivity contribution is 0.0984. The van der Waals surface area contributed by atoms with Gasteiger partial charge in [0.05, 0.1) is 12.1 Å². The summed E-state index contributed by atoms with van der Waals surface area (Å²) in [7, 11) is 2.12. The van der Waals surface area contributed by atoms with Gasteiger partial charge in [-0.15, -0.1) is 0 Å². The fourth-order valence-corrected chi connectivity index (χ4v) is 3.41. The molecule has 0 aliphatic carbocycles. The molecule has 2 aromatic carbocycles. The molecular weight excluding hydrogens is 362 g/mol. The van der Waals surface area contributed by atoms with Crippen LogP contribution in [-0.2, 0) is 6.54 Å². The van der Waals surface area contributed by atoms with Crippen LogP contribution in [0, 0.1) is 0 Å². The molecule has 2 heterocycles. The van der Waals surface area contributed by atoms with E-state index < -0.39 is 0 Å². The third kappa shape index (κ3) is 4.60. The number of para-hydroxylation sites is 1. The number of hydrogen-bond acceptors (Lipinski definition) is 5. The van der Waals surface area contributed by atoms with E-state index in [0.29, 0.717) is 18.1 Å². The van der Waals surface area contributed by atoms with E-state index in [-0.39, 0.29) is 5.91 Å². The predicted molar refractivity (Wildman–Crippen MR) is 115 cm³/mol. The van der Waals surface area contributed by atoms with Crippen LogP contribution in [0.15, 0.2) is 73.1 Å². The summed E-state index contributed by atoms with van der Waals surface area (Å²) in [5.74, 6) is 0.578. The first-order valence-corrected chi connectivity index (χ1v) is 9.87. The highest BCUT2D eigenvalue weighted by atomic mass is 16.2. The van der Waals surface area contributed by atoms with Crippen LogP contribution in [0.2, 0.25) is 0 Å². The number of carbonyl (C=O) groups is 1. The number of aromatic nitrogens is 2. The number of nitrogens with zero attached hydrogens (tertiary/aromatic N) is 5. The summed E-state index contributed by atoms with van der Waals surface area (Å²) in [6.07, 6.45) is 3.29. The molecule has 0 atom stereocenters. The van der Waals surface area contributed by atoms with E-state index in [1.807, 2.05) is 60.7 Å². The van der Waals surface area contributed by atoms with Crippen molar-refractivity contribution in [2.75, 3.05) is 43.0 Å². The van der Waals surface area contributed by atoms with E-state index in [0.717, 1.165) is 37.4 Å². The highest BCUT2D eigenvalue weighted by Crippen LogP contribution is 2.20. The maximum absolute atomic E-state index is 13.3. The molecule has 0 radical (unpaired) electrons. The average Bonchev–Trinajstić information content (AvgIpc) is 2.79. The topological polar surface area (TPSA) is 52.6 Å². The predicted octanol–water partition coefficient (Wildman–Crippen LogP) is 3.08. The van der Waals surface area contributed by atoms with Crippen LogP contribution < -0.4 is 9.80 Å². The van der Waals surface area contributed by atoms with Crippen LogP contribution in [0.4, 0.5) is 11.6 Å². The molecule has 0 spiro atoms.